The highest BCUT2D eigenvalue weighted by Crippen LogP contribution is 2.03. The Kier molecular flexibility index (Phi) is 3.83. The third-order valence-corrected chi connectivity index (χ3v) is 1.99. The van der Waals surface area contributed by atoms with E-state index in [2.05, 4.69) is 36.1 Å². The average Bonchev–Trinajstić information content (AvgIpc) is 2.42. The normalized spacial score (nSPS) is 10.4. The van der Waals surface area contributed by atoms with Crippen molar-refractivity contribution in [2.45, 2.75) is 20.8 Å². The molecule has 0 amide bonds. The number of ether oxygens (including phenoxy) is 1. The van der Waals surface area contributed by atoms with Crippen molar-refractivity contribution in [3.05, 3.63) is 23.5 Å². The summed E-state index contributed by atoms with van der Waals surface area (Å²) in [6, 6.07) is 4.20. The minimum Gasteiger partial charge on any atom is -0.380 e. The van der Waals surface area contributed by atoms with E-state index in [0.29, 0.717) is 0 Å². The minimum atomic E-state index is 0.758. The molecule has 0 saturated carbocycles. The van der Waals surface area contributed by atoms with Crippen LogP contribution in [-0.2, 0) is 4.74 Å². The quantitative estimate of drug-likeness (QED) is 0.701. The third-order valence-electron chi connectivity index (χ3n) is 1.99. The molecular weight excluding hydrogens is 164 g/mol. The number of aryl methyl sites for hydroxylation is 2. The van der Waals surface area contributed by atoms with Crippen molar-refractivity contribution in [1.29, 1.82) is 0 Å². The number of hydrogen-bond acceptors (Lipinski definition) is 2. The first-order valence-electron chi connectivity index (χ1n) is 4.72. The molecule has 3 heteroatoms. The lowest BCUT2D eigenvalue weighted by Crippen LogP contribution is -2.21. The highest BCUT2D eigenvalue weighted by Gasteiger charge is 1.98. The lowest BCUT2D eigenvalue weighted by molar-refractivity contribution is 0.156. The fourth-order valence-electron chi connectivity index (χ4n) is 1.29. The molecule has 0 aliphatic carbocycles. The van der Waals surface area contributed by atoms with Crippen molar-refractivity contribution in [2.24, 2.45) is 0 Å². The van der Waals surface area contributed by atoms with Crippen LogP contribution in [0.15, 0.2) is 12.1 Å². The lowest BCUT2D eigenvalue weighted by atomic mass is 10.5. The van der Waals surface area contributed by atoms with Gasteiger partial charge in [0.05, 0.1) is 13.2 Å². The Morgan fingerprint density at radius 2 is 1.92 bits per heavy atom. The zero-order valence-electron chi connectivity index (χ0n) is 8.63. The standard InChI is InChI=1S/C10H18N2O/c1-4-13-8-7-11-12-9(2)5-6-10(12)3/h5-6,11H,4,7-8H2,1-3H3. The predicted molar refractivity (Wildman–Crippen MR) is 54.6 cm³/mol. The summed E-state index contributed by atoms with van der Waals surface area (Å²) in [5.74, 6) is 0. The molecular formula is C10H18N2O. The summed E-state index contributed by atoms with van der Waals surface area (Å²) in [7, 11) is 0. The molecule has 0 fully saturated rings. The van der Waals surface area contributed by atoms with Gasteiger partial charge in [-0.2, -0.15) is 0 Å². The van der Waals surface area contributed by atoms with Gasteiger partial charge in [0.2, 0.25) is 0 Å². The Morgan fingerprint density at radius 3 is 2.46 bits per heavy atom. The molecule has 13 heavy (non-hydrogen) atoms. The second kappa shape index (κ2) is 4.92. The van der Waals surface area contributed by atoms with E-state index in [1.807, 2.05) is 6.92 Å². The van der Waals surface area contributed by atoms with E-state index in [1.54, 1.807) is 0 Å². The van der Waals surface area contributed by atoms with Crippen LogP contribution in [-0.4, -0.2) is 24.4 Å². The molecule has 1 N–H and O–H groups in total. The molecule has 0 aliphatic heterocycles. The van der Waals surface area contributed by atoms with Crippen LogP contribution < -0.4 is 5.43 Å². The largest absolute Gasteiger partial charge is 0.380 e. The number of hydrogen-bond donors (Lipinski definition) is 1. The van der Waals surface area contributed by atoms with Gasteiger partial charge in [0.15, 0.2) is 0 Å². The van der Waals surface area contributed by atoms with Crippen LogP contribution in [0.25, 0.3) is 0 Å². The molecule has 0 unspecified atom stereocenters. The third kappa shape index (κ3) is 2.77. The van der Waals surface area contributed by atoms with E-state index in [9.17, 15) is 0 Å². The van der Waals surface area contributed by atoms with Gasteiger partial charge in [-0.3, -0.25) is 4.68 Å². The molecule has 0 aromatic carbocycles. The molecule has 3 nitrogen and oxygen atoms in total. The Balaban J connectivity index is 2.36. The van der Waals surface area contributed by atoms with Gasteiger partial charge in [0, 0.05) is 18.0 Å². The summed E-state index contributed by atoms with van der Waals surface area (Å²) < 4.78 is 7.32. The maximum atomic E-state index is 5.24. The number of nitrogens with zero attached hydrogens (tertiary/aromatic N) is 1. The topological polar surface area (TPSA) is 26.2 Å². The van der Waals surface area contributed by atoms with Gasteiger partial charge in [-0.05, 0) is 32.9 Å². The van der Waals surface area contributed by atoms with Gasteiger partial charge in [-0.15, -0.1) is 0 Å². The van der Waals surface area contributed by atoms with Crippen molar-refractivity contribution in [1.82, 2.24) is 4.68 Å². The van der Waals surface area contributed by atoms with Gasteiger partial charge in [0.1, 0.15) is 0 Å². The SMILES string of the molecule is CCOCCNn1c(C)ccc1C. The molecule has 0 radical (unpaired) electrons. The van der Waals surface area contributed by atoms with E-state index in [-0.39, 0.29) is 0 Å². The lowest BCUT2D eigenvalue weighted by Gasteiger charge is -2.12. The van der Waals surface area contributed by atoms with Gasteiger partial charge in [0.25, 0.3) is 0 Å². The second-order valence-corrected chi connectivity index (χ2v) is 3.06. The maximum Gasteiger partial charge on any atom is 0.0655 e. The first-order chi connectivity index (χ1) is 6.25. The van der Waals surface area contributed by atoms with Gasteiger partial charge >= 0.3 is 0 Å². The van der Waals surface area contributed by atoms with Crippen LogP contribution >= 0.6 is 0 Å². The fourth-order valence-corrected chi connectivity index (χ4v) is 1.29. The van der Waals surface area contributed by atoms with Crippen molar-refractivity contribution < 1.29 is 4.74 Å². The smallest absolute Gasteiger partial charge is 0.0655 e. The highest BCUT2D eigenvalue weighted by molar-refractivity contribution is 5.15. The summed E-state index contributed by atoms with van der Waals surface area (Å²) in [5, 5.41) is 0. The Morgan fingerprint density at radius 1 is 1.31 bits per heavy atom. The van der Waals surface area contributed by atoms with Gasteiger partial charge in [-0.1, -0.05) is 0 Å². The molecule has 1 rings (SSSR count). The van der Waals surface area contributed by atoms with Crippen LogP contribution in [0.4, 0.5) is 0 Å². The van der Waals surface area contributed by atoms with Crippen molar-refractivity contribution in [3.8, 4) is 0 Å². The van der Waals surface area contributed by atoms with Crippen molar-refractivity contribution >= 4 is 0 Å². The summed E-state index contributed by atoms with van der Waals surface area (Å²) in [6.07, 6.45) is 0. The molecule has 0 aliphatic rings. The molecule has 0 spiro atoms. The van der Waals surface area contributed by atoms with Crippen LogP contribution in [0.2, 0.25) is 0 Å². The number of aromatic nitrogens is 1. The Bertz CT molecular complexity index is 236. The zero-order valence-corrected chi connectivity index (χ0v) is 8.63. The zero-order chi connectivity index (χ0) is 9.68. The fraction of sp³-hybridized carbons (Fsp3) is 0.600. The van der Waals surface area contributed by atoms with Gasteiger partial charge < -0.3 is 10.2 Å². The van der Waals surface area contributed by atoms with E-state index in [0.717, 1.165) is 19.8 Å². The summed E-state index contributed by atoms with van der Waals surface area (Å²) in [5.41, 5.74) is 5.75. The summed E-state index contributed by atoms with van der Waals surface area (Å²) in [4.78, 5) is 0. The molecule has 1 heterocycles. The van der Waals surface area contributed by atoms with Crippen molar-refractivity contribution in [3.63, 3.8) is 0 Å². The predicted octanol–water partition coefficient (Wildman–Crippen LogP) is 1.68. The molecule has 1 aromatic heterocycles. The van der Waals surface area contributed by atoms with E-state index < -0.39 is 0 Å². The number of rotatable bonds is 5. The molecule has 0 bridgehead atoms. The summed E-state index contributed by atoms with van der Waals surface area (Å²) >= 11 is 0. The first kappa shape index (κ1) is 10.1. The van der Waals surface area contributed by atoms with Crippen molar-refractivity contribution in [2.75, 3.05) is 25.2 Å². The molecule has 74 valence electrons. The molecule has 0 saturated heterocycles. The Labute approximate surface area is 79.7 Å². The van der Waals surface area contributed by atoms with Crippen LogP contribution in [0.3, 0.4) is 0 Å². The van der Waals surface area contributed by atoms with Gasteiger partial charge in [-0.25, -0.2) is 0 Å². The molecule has 1 aromatic rings. The van der Waals surface area contributed by atoms with E-state index >= 15 is 0 Å². The molecule has 0 atom stereocenters. The highest BCUT2D eigenvalue weighted by atomic mass is 16.5. The number of nitrogens with one attached hydrogen (secondary N) is 1. The van der Waals surface area contributed by atoms with E-state index in [4.69, 9.17) is 4.74 Å². The van der Waals surface area contributed by atoms with Crippen LogP contribution in [0.1, 0.15) is 18.3 Å². The second-order valence-electron chi connectivity index (χ2n) is 3.06. The monoisotopic (exact) mass is 182 g/mol. The minimum absolute atomic E-state index is 0.758. The van der Waals surface area contributed by atoms with Crippen LogP contribution in [0.5, 0.6) is 0 Å². The Hall–Kier alpha value is -0.960. The van der Waals surface area contributed by atoms with Crippen LogP contribution in [0, 0.1) is 13.8 Å². The average molecular weight is 182 g/mol. The summed E-state index contributed by atoms with van der Waals surface area (Å²) in [6.45, 7) is 8.57. The first-order valence-corrected chi connectivity index (χ1v) is 4.72. The van der Waals surface area contributed by atoms with E-state index in [1.165, 1.54) is 11.4 Å². The maximum absolute atomic E-state index is 5.24.